The lowest BCUT2D eigenvalue weighted by atomic mass is 9.84. The highest BCUT2D eigenvalue weighted by molar-refractivity contribution is 5.96. The van der Waals surface area contributed by atoms with Crippen molar-refractivity contribution >= 4 is 17.2 Å². The SMILES string of the molecule is COc1ccc(C2=C(c3ccc(C)cc3)C[C@@H]3CC[C@H]2N3C(=O)Oc2ccccc2)cc1. The Morgan fingerprint density at radius 3 is 2.22 bits per heavy atom. The predicted octanol–water partition coefficient (Wildman–Crippen LogP) is 6.35. The second-order valence-corrected chi connectivity index (χ2v) is 8.53. The first kappa shape index (κ1) is 20.4. The zero-order valence-corrected chi connectivity index (χ0v) is 18.5. The van der Waals surface area contributed by atoms with Crippen LogP contribution in [0, 0.1) is 6.92 Å². The van der Waals surface area contributed by atoms with E-state index >= 15 is 0 Å². The maximum Gasteiger partial charge on any atom is 0.416 e. The van der Waals surface area contributed by atoms with Crippen molar-refractivity contribution in [2.24, 2.45) is 0 Å². The topological polar surface area (TPSA) is 38.8 Å². The number of nitrogens with zero attached hydrogens (tertiary/aromatic N) is 1. The molecule has 0 aromatic heterocycles. The number of para-hydroxylation sites is 1. The van der Waals surface area contributed by atoms with Crippen LogP contribution in [0.4, 0.5) is 4.79 Å². The van der Waals surface area contributed by atoms with Crippen LogP contribution >= 0.6 is 0 Å². The summed E-state index contributed by atoms with van der Waals surface area (Å²) in [6.07, 6.45) is 2.47. The van der Waals surface area contributed by atoms with Gasteiger partial charge >= 0.3 is 6.09 Å². The molecule has 0 N–H and O–H groups in total. The summed E-state index contributed by atoms with van der Waals surface area (Å²) in [5.41, 5.74) is 6.15. The number of amides is 1. The number of benzene rings is 3. The van der Waals surface area contributed by atoms with E-state index in [1.165, 1.54) is 22.3 Å². The Morgan fingerprint density at radius 1 is 0.844 bits per heavy atom. The van der Waals surface area contributed by atoms with Crippen LogP contribution in [0.3, 0.4) is 0 Å². The fourth-order valence-corrected chi connectivity index (χ4v) is 5.00. The predicted molar refractivity (Wildman–Crippen MR) is 127 cm³/mol. The van der Waals surface area contributed by atoms with E-state index in [9.17, 15) is 4.79 Å². The molecule has 0 radical (unpaired) electrons. The van der Waals surface area contributed by atoms with Gasteiger partial charge in [-0.25, -0.2) is 4.79 Å². The van der Waals surface area contributed by atoms with Crippen molar-refractivity contribution in [3.05, 3.63) is 95.6 Å². The molecule has 0 saturated carbocycles. The Kier molecular flexibility index (Phi) is 5.44. The van der Waals surface area contributed by atoms with Crippen LogP contribution < -0.4 is 9.47 Å². The minimum atomic E-state index is -0.266. The number of hydrogen-bond donors (Lipinski definition) is 0. The molecule has 2 aliphatic rings. The first-order chi connectivity index (χ1) is 15.6. The van der Waals surface area contributed by atoms with Gasteiger partial charge < -0.3 is 9.47 Å². The zero-order chi connectivity index (χ0) is 22.1. The standard InChI is InChI=1S/C28H27NO3/c1-19-8-10-20(11-9-19)25-18-22-14-17-26(27(25)21-12-15-23(31-2)16-13-21)29(22)28(30)32-24-6-4-3-5-7-24/h3-13,15-16,22,26H,14,17-18H2,1-2H3/t22-,26+/m0/s1. The average molecular weight is 426 g/mol. The molecule has 162 valence electrons. The first-order valence-electron chi connectivity index (χ1n) is 11.1. The summed E-state index contributed by atoms with van der Waals surface area (Å²) in [5, 5.41) is 0. The minimum absolute atomic E-state index is 0.00494. The number of methoxy groups -OCH3 is 1. The Morgan fingerprint density at radius 2 is 1.53 bits per heavy atom. The number of hydrogen-bond acceptors (Lipinski definition) is 3. The van der Waals surface area contributed by atoms with E-state index in [0.717, 1.165) is 30.6 Å². The molecule has 1 saturated heterocycles. The number of ether oxygens (including phenoxy) is 2. The number of carbonyl (C=O) groups is 1. The lowest BCUT2D eigenvalue weighted by molar-refractivity contribution is 0.137. The van der Waals surface area contributed by atoms with Crippen molar-refractivity contribution < 1.29 is 14.3 Å². The minimum Gasteiger partial charge on any atom is -0.497 e. The van der Waals surface area contributed by atoms with Crippen molar-refractivity contribution in [3.63, 3.8) is 0 Å². The van der Waals surface area contributed by atoms with Gasteiger partial charge in [0.2, 0.25) is 0 Å². The van der Waals surface area contributed by atoms with E-state index in [0.29, 0.717) is 5.75 Å². The normalized spacial score (nSPS) is 19.8. The summed E-state index contributed by atoms with van der Waals surface area (Å²) in [6, 6.07) is 26.4. The van der Waals surface area contributed by atoms with Crippen LogP contribution in [0.1, 0.15) is 36.0 Å². The Labute approximate surface area is 189 Å². The van der Waals surface area contributed by atoms with Gasteiger partial charge in [-0.1, -0.05) is 60.2 Å². The van der Waals surface area contributed by atoms with Gasteiger partial charge in [-0.05, 0) is 72.7 Å². The summed E-state index contributed by atoms with van der Waals surface area (Å²) in [7, 11) is 1.68. The maximum absolute atomic E-state index is 13.3. The third-order valence-corrected chi connectivity index (χ3v) is 6.56. The third-order valence-electron chi connectivity index (χ3n) is 6.56. The molecule has 4 nitrogen and oxygen atoms in total. The second kappa shape index (κ2) is 8.54. The molecule has 1 amide bonds. The molecule has 32 heavy (non-hydrogen) atoms. The Hall–Kier alpha value is -3.53. The molecule has 2 heterocycles. The summed E-state index contributed by atoms with van der Waals surface area (Å²) in [4.78, 5) is 15.2. The van der Waals surface area contributed by atoms with Crippen LogP contribution in [0.5, 0.6) is 11.5 Å². The first-order valence-corrected chi connectivity index (χ1v) is 11.1. The van der Waals surface area contributed by atoms with E-state index in [4.69, 9.17) is 9.47 Å². The second-order valence-electron chi connectivity index (χ2n) is 8.53. The van der Waals surface area contributed by atoms with Crippen LogP contribution in [-0.4, -0.2) is 30.2 Å². The van der Waals surface area contributed by atoms with Gasteiger partial charge in [-0.3, -0.25) is 4.90 Å². The van der Waals surface area contributed by atoms with Crippen LogP contribution in [-0.2, 0) is 0 Å². The largest absolute Gasteiger partial charge is 0.497 e. The lowest BCUT2D eigenvalue weighted by Gasteiger charge is -2.37. The van der Waals surface area contributed by atoms with Gasteiger partial charge in [0, 0.05) is 6.04 Å². The average Bonchev–Trinajstić information content (AvgIpc) is 3.14. The van der Waals surface area contributed by atoms with Crippen molar-refractivity contribution in [2.45, 2.75) is 38.3 Å². The molecule has 0 unspecified atom stereocenters. The van der Waals surface area contributed by atoms with E-state index in [1.54, 1.807) is 7.11 Å². The number of rotatable bonds is 4. The maximum atomic E-state index is 13.3. The molecule has 2 bridgehead atoms. The van der Waals surface area contributed by atoms with E-state index in [1.807, 2.05) is 47.4 Å². The molecule has 1 fully saturated rings. The van der Waals surface area contributed by atoms with Gasteiger partial charge in [-0.15, -0.1) is 0 Å². The molecule has 3 aromatic carbocycles. The van der Waals surface area contributed by atoms with Crippen molar-refractivity contribution in [1.29, 1.82) is 0 Å². The molecule has 3 aromatic rings. The Bertz CT molecular complexity index is 1130. The molecular weight excluding hydrogens is 398 g/mol. The fourth-order valence-electron chi connectivity index (χ4n) is 5.00. The smallest absolute Gasteiger partial charge is 0.416 e. The highest BCUT2D eigenvalue weighted by Gasteiger charge is 2.45. The zero-order valence-electron chi connectivity index (χ0n) is 18.5. The molecule has 0 aliphatic carbocycles. The van der Waals surface area contributed by atoms with Crippen LogP contribution in [0.2, 0.25) is 0 Å². The molecule has 4 heteroatoms. The summed E-state index contributed by atoms with van der Waals surface area (Å²) in [6.45, 7) is 2.11. The quantitative estimate of drug-likeness (QED) is 0.489. The Balaban J connectivity index is 1.56. The summed E-state index contributed by atoms with van der Waals surface area (Å²) < 4.78 is 11.1. The molecular formula is C28H27NO3. The molecule has 5 rings (SSSR count). The van der Waals surface area contributed by atoms with Crippen molar-refractivity contribution in [2.75, 3.05) is 7.11 Å². The van der Waals surface area contributed by atoms with E-state index in [-0.39, 0.29) is 18.2 Å². The fraction of sp³-hybridized carbons (Fsp3) is 0.250. The highest BCUT2D eigenvalue weighted by Crippen LogP contribution is 2.47. The van der Waals surface area contributed by atoms with Crippen molar-refractivity contribution in [3.8, 4) is 11.5 Å². The van der Waals surface area contributed by atoms with Gasteiger partial charge in [0.05, 0.1) is 13.2 Å². The van der Waals surface area contributed by atoms with E-state index < -0.39 is 0 Å². The van der Waals surface area contributed by atoms with Gasteiger partial charge in [0.1, 0.15) is 11.5 Å². The molecule has 2 atom stereocenters. The van der Waals surface area contributed by atoms with E-state index in [2.05, 4.69) is 43.3 Å². The monoisotopic (exact) mass is 425 g/mol. The summed E-state index contributed by atoms with van der Waals surface area (Å²) in [5.74, 6) is 1.41. The van der Waals surface area contributed by atoms with Crippen molar-refractivity contribution in [1.82, 2.24) is 4.90 Å². The third kappa shape index (κ3) is 3.77. The number of fused-ring (bicyclic) bond motifs is 2. The van der Waals surface area contributed by atoms with Gasteiger partial charge in [0.25, 0.3) is 0 Å². The number of aryl methyl sites for hydroxylation is 1. The number of carbonyl (C=O) groups excluding carboxylic acids is 1. The van der Waals surface area contributed by atoms with Crippen LogP contribution in [0.25, 0.3) is 11.1 Å². The summed E-state index contributed by atoms with van der Waals surface area (Å²) >= 11 is 0. The molecule has 0 spiro atoms. The van der Waals surface area contributed by atoms with Gasteiger partial charge in [-0.2, -0.15) is 0 Å². The van der Waals surface area contributed by atoms with Gasteiger partial charge in [0.15, 0.2) is 0 Å². The molecule has 2 aliphatic heterocycles. The lowest BCUT2D eigenvalue weighted by Crippen LogP contribution is -2.46. The highest BCUT2D eigenvalue weighted by atomic mass is 16.6. The van der Waals surface area contributed by atoms with Crippen LogP contribution in [0.15, 0.2) is 78.9 Å².